The smallest absolute Gasteiger partial charge is 0.258 e. The summed E-state index contributed by atoms with van der Waals surface area (Å²) in [6, 6.07) is 0. The van der Waals surface area contributed by atoms with Crippen LogP contribution in [0.4, 0.5) is 4.48 Å². The van der Waals surface area contributed by atoms with E-state index in [0.717, 1.165) is 6.92 Å². The van der Waals surface area contributed by atoms with Gasteiger partial charge >= 0.3 is 0 Å². The largest absolute Gasteiger partial charge is 0.272 e. The lowest BCUT2D eigenvalue weighted by Gasteiger charge is -2.00. The van der Waals surface area contributed by atoms with Gasteiger partial charge in [-0.2, -0.15) is 0 Å². The summed E-state index contributed by atoms with van der Waals surface area (Å²) in [7, 11) is 0. The molecule has 0 heterocycles. The molecule has 3 nitrogen and oxygen atoms in total. The minimum absolute atomic E-state index is 0.556. The van der Waals surface area contributed by atoms with E-state index >= 15 is 0 Å². The minimum Gasteiger partial charge on any atom is -0.272 e. The lowest BCUT2D eigenvalue weighted by molar-refractivity contribution is -0.157. The lowest BCUT2D eigenvalue weighted by atomic mass is 10.6. The zero-order valence-electron chi connectivity index (χ0n) is 4.35. The van der Waals surface area contributed by atoms with Crippen molar-refractivity contribution in [2.45, 2.75) is 6.92 Å². The van der Waals surface area contributed by atoms with Crippen molar-refractivity contribution < 1.29 is 14.1 Å². The van der Waals surface area contributed by atoms with Crippen LogP contribution in [-0.4, -0.2) is 16.9 Å². The van der Waals surface area contributed by atoms with Crippen molar-refractivity contribution in [2.75, 3.05) is 0 Å². The molecule has 4 heteroatoms. The number of imide groups is 1. The fraction of sp³-hybridized carbons (Fsp3) is 0.250. The summed E-state index contributed by atoms with van der Waals surface area (Å²) < 4.78 is 11.7. The van der Waals surface area contributed by atoms with Gasteiger partial charge in [-0.15, -0.1) is 5.12 Å². The van der Waals surface area contributed by atoms with E-state index in [-0.39, 0.29) is 0 Å². The van der Waals surface area contributed by atoms with Gasteiger partial charge in [0.25, 0.3) is 11.8 Å². The molecule has 8 heavy (non-hydrogen) atoms. The summed E-state index contributed by atoms with van der Waals surface area (Å²) in [6.07, 6.45) is 0. The highest BCUT2D eigenvalue weighted by molar-refractivity contribution is 5.94. The Morgan fingerprint density at radius 3 is 2.00 bits per heavy atom. The van der Waals surface area contributed by atoms with Crippen molar-refractivity contribution in [2.24, 2.45) is 0 Å². The Kier molecular flexibility index (Phi) is 2.12. The van der Waals surface area contributed by atoms with Gasteiger partial charge in [0.1, 0.15) is 0 Å². The van der Waals surface area contributed by atoms with Gasteiger partial charge in [0.15, 0.2) is 0 Å². The van der Waals surface area contributed by atoms with E-state index in [1.807, 2.05) is 0 Å². The number of carbonyl (C=O) groups is 2. The van der Waals surface area contributed by atoms with Gasteiger partial charge in [-0.25, -0.2) is 0 Å². The van der Waals surface area contributed by atoms with Gasteiger partial charge in [-0.05, 0) is 0 Å². The molecule has 2 amide bonds. The van der Waals surface area contributed by atoms with Crippen LogP contribution in [0.5, 0.6) is 0 Å². The summed E-state index contributed by atoms with van der Waals surface area (Å²) in [5, 5.41) is -0.556. The summed E-state index contributed by atoms with van der Waals surface area (Å²) in [4.78, 5) is 19.7. The van der Waals surface area contributed by atoms with E-state index in [0.29, 0.717) is 0 Å². The van der Waals surface area contributed by atoms with Gasteiger partial charge in [0.05, 0.1) is 0 Å². The van der Waals surface area contributed by atoms with Gasteiger partial charge in [0, 0.05) is 13.8 Å². The molecule has 0 saturated carbocycles. The lowest BCUT2D eigenvalue weighted by Crippen LogP contribution is -2.24. The molecule has 0 spiro atoms. The first kappa shape index (κ1) is 7.07. The number of hydrogen-bond donors (Lipinski definition) is 0. The molecule has 0 aromatic carbocycles. The molecule has 0 fully saturated rings. The maximum atomic E-state index is 11.7. The average molecular weight is 118 g/mol. The van der Waals surface area contributed by atoms with Gasteiger partial charge in [-0.3, -0.25) is 9.59 Å². The van der Waals surface area contributed by atoms with E-state index < -0.39 is 16.9 Å². The SMILES string of the molecule is [CH2]C(=O)N(F)C(C)=O. The Morgan fingerprint density at radius 1 is 1.62 bits per heavy atom. The number of halogens is 1. The summed E-state index contributed by atoms with van der Waals surface area (Å²) >= 11 is 0. The zero-order chi connectivity index (χ0) is 6.73. The van der Waals surface area contributed by atoms with Crippen molar-refractivity contribution in [3.8, 4) is 0 Å². The maximum Gasteiger partial charge on any atom is 0.258 e. The zero-order valence-corrected chi connectivity index (χ0v) is 4.35. The maximum absolute atomic E-state index is 11.7. The van der Waals surface area contributed by atoms with E-state index in [2.05, 4.69) is 6.92 Å². The van der Waals surface area contributed by atoms with Crippen LogP contribution in [0.15, 0.2) is 0 Å². The molecular weight excluding hydrogens is 113 g/mol. The van der Waals surface area contributed by atoms with Crippen LogP contribution in [-0.2, 0) is 9.59 Å². The van der Waals surface area contributed by atoms with Crippen LogP contribution in [0.2, 0.25) is 0 Å². The van der Waals surface area contributed by atoms with E-state index in [1.54, 1.807) is 0 Å². The van der Waals surface area contributed by atoms with Crippen molar-refractivity contribution in [1.82, 2.24) is 5.12 Å². The first-order valence-electron chi connectivity index (χ1n) is 1.88. The normalized spacial score (nSPS) is 8.38. The molecule has 0 rings (SSSR count). The predicted molar refractivity (Wildman–Crippen MR) is 24.0 cm³/mol. The minimum atomic E-state index is -1.14. The highest BCUT2D eigenvalue weighted by Crippen LogP contribution is 1.87. The van der Waals surface area contributed by atoms with E-state index in [4.69, 9.17) is 0 Å². The summed E-state index contributed by atoms with van der Waals surface area (Å²) in [5.74, 6) is -2.09. The Hall–Kier alpha value is -0.930. The standard InChI is InChI=1S/C4H5FNO2/c1-3(7)6(5)4(2)8/h1H2,2H3. The second-order valence-corrected chi connectivity index (χ2v) is 1.19. The molecule has 0 aliphatic heterocycles. The monoisotopic (exact) mass is 118 g/mol. The van der Waals surface area contributed by atoms with Crippen LogP contribution >= 0.6 is 0 Å². The highest BCUT2D eigenvalue weighted by atomic mass is 19.2. The third kappa shape index (κ3) is 1.68. The highest BCUT2D eigenvalue weighted by Gasteiger charge is 2.10. The fourth-order valence-electron chi connectivity index (χ4n) is 0.176. The van der Waals surface area contributed by atoms with Gasteiger partial charge < -0.3 is 0 Å². The molecule has 0 saturated heterocycles. The first-order valence-corrected chi connectivity index (χ1v) is 1.88. The van der Waals surface area contributed by atoms with E-state index in [9.17, 15) is 14.1 Å². The van der Waals surface area contributed by atoms with Crippen LogP contribution in [0.3, 0.4) is 0 Å². The Labute approximate surface area is 46.0 Å². The van der Waals surface area contributed by atoms with Crippen LogP contribution in [0, 0.1) is 6.92 Å². The molecule has 0 aromatic rings. The van der Waals surface area contributed by atoms with Crippen LogP contribution < -0.4 is 0 Å². The second kappa shape index (κ2) is 2.40. The quantitative estimate of drug-likeness (QED) is 0.422. The van der Waals surface area contributed by atoms with Crippen molar-refractivity contribution in [3.63, 3.8) is 0 Å². The summed E-state index contributed by atoms with van der Waals surface area (Å²) in [6.45, 7) is 3.58. The van der Waals surface area contributed by atoms with Crippen molar-refractivity contribution >= 4 is 11.8 Å². The molecule has 45 valence electrons. The summed E-state index contributed by atoms with van der Waals surface area (Å²) in [5.41, 5.74) is 0. The number of amides is 2. The van der Waals surface area contributed by atoms with Crippen molar-refractivity contribution in [1.29, 1.82) is 0 Å². The Balaban J connectivity index is 3.83. The molecule has 0 aliphatic carbocycles. The predicted octanol–water partition coefficient (Wildman–Crippen LogP) is 0.0801. The molecule has 0 aromatic heterocycles. The number of carbonyl (C=O) groups excluding carboxylic acids is 2. The molecular formula is C4H5FNO2. The van der Waals surface area contributed by atoms with Crippen LogP contribution in [0.25, 0.3) is 0 Å². The number of nitrogens with zero attached hydrogens (tertiary/aromatic N) is 1. The third-order valence-electron chi connectivity index (χ3n) is 0.495. The first-order chi connectivity index (χ1) is 3.55. The molecule has 0 aliphatic rings. The molecule has 0 atom stereocenters. The Morgan fingerprint density at radius 2 is 2.00 bits per heavy atom. The average Bonchev–Trinajstić information content (AvgIpc) is 1.64. The number of rotatable bonds is 0. The fourth-order valence-corrected chi connectivity index (χ4v) is 0.176. The van der Waals surface area contributed by atoms with Crippen molar-refractivity contribution in [3.05, 3.63) is 6.92 Å². The third-order valence-corrected chi connectivity index (χ3v) is 0.495. The number of hydrogen-bond acceptors (Lipinski definition) is 2. The van der Waals surface area contributed by atoms with E-state index in [1.165, 1.54) is 0 Å². The molecule has 0 unspecified atom stereocenters. The van der Waals surface area contributed by atoms with Gasteiger partial charge in [-0.1, -0.05) is 4.48 Å². The molecule has 0 N–H and O–H groups in total. The van der Waals surface area contributed by atoms with Gasteiger partial charge in [0.2, 0.25) is 0 Å². The van der Waals surface area contributed by atoms with Crippen LogP contribution in [0.1, 0.15) is 6.92 Å². The molecule has 0 bridgehead atoms. The topological polar surface area (TPSA) is 37.4 Å². The Bertz CT molecular complexity index is 109. The molecule has 1 radical (unpaired) electrons. The second-order valence-electron chi connectivity index (χ2n) is 1.19.